The van der Waals surface area contributed by atoms with Crippen molar-refractivity contribution in [1.82, 2.24) is 0 Å². The molecule has 4 heteroatoms. The molecular formula is C13H14FeNOP. The van der Waals surface area contributed by atoms with Gasteiger partial charge in [-0.3, -0.25) is 0 Å². The van der Waals surface area contributed by atoms with Crippen LogP contribution in [-0.4, -0.2) is 18.8 Å². The van der Waals surface area contributed by atoms with E-state index in [-0.39, 0.29) is 17.1 Å². The molecule has 2 aromatic carbocycles. The summed E-state index contributed by atoms with van der Waals surface area (Å²) in [6.07, 6.45) is 0. The molecule has 0 aliphatic carbocycles. The van der Waals surface area contributed by atoms with E-state index >= 15 is 0 Å². The minimum Gasteiger partial charge on any atom is -0.477 e. The van der Waals surface area contributed by atoms with Crippen LogP contribution in [0, 0.1) is 0 Å². The van der Waals surface area contributed by atoms with Crippen LogP contribution in [0.1, 0.15) is 0 Å². The molecule has 0 saturated carbocycles. The predicted octanol–water partition coefficient (Wildman–Crippen LogP) is 2.50. The van der Waals surface area contributed by atoms with Crippen molar-refractivity contribution in [3.05, 3.63) is 54.6 Å². The van der Waals surface area contributed by atoms with Crippen molar-refractivity contribution in [2.75, 3.05) is 13.2 Å². The molecule has 0 saturated heterocycles. The summed E-state index contributed by atoms with van der Waals surface area (Å²) in [4.78, 5) is 4.22. The molecular weight excluding hydrogens is 273 g/mol. The summed E-state index contributed by atoms with van der Waals surface area (Å²) in [5, 5.41) is 1.31. The van der Waals surface area contributed by atoms with E-state index in [2.05, 4.69) is 17.1 Å². The zero-order valence-corrected chi connectivity index (χ0v) is 11.4. The molecule has 1 atom stereocenters. The van der Waals surface area contributed by atoms with E-state index in [1.807, 2.05) is 42.5 Å². The number of aliphatic imine (C=N–C) groups is 1. The topological polar surface area (TPSA) is 21.6 Å². The van der Waals surface area contributed by atoms with Crippen molar-refractivity contribution in [1.29, 1.82) is 0 Å². The largest absolute Gasteiger partial charge is 2.00 e. The molecule has 0 spiro atoms. The molecule has 1 aliphatic rings. The van der Waals surface area contributed by atoms with Gasteiger partial charge in [-0.05, 0) is 0 Å². The summed E-state index contributed by atoms with van der Waals surface area (Å²) in [5.74, 6) is 0. The fraction of sp³-hybridized carbons (Fsp3) is 0.154. The Morgan fingerprint density at radius 2 is 1.88 bits per heavy atom. The molecule has 1 heterocycles. The quantitative estimate of drug-likeness (QED) is 0.472. The van der Waals surface area contributed by atoms with E-state index in [4.69, 9.17) is 4.74 Å². The first-order chi connectivity index (χ1) is 7.95. The molecule has 90 valence electrons. The maximum absolute atomic E-state index is 5.29. The van der Waals surface area contributed by atoms with Gasteiger partial charge in [0.05, 0.1) is 6.54 Å². The first kappa shape index (κ1) is 14.2. The van der Waals surface area contributed by atoms with Gasteiger partial charge in [-0.1, -0.05) is 8.58 Å². The second kappa shape index (κ2) is 8.25. The van der Waals surface area contributed by atoms with Crippen LogP contribution in [0.15, 0.2) is 59.6 Å². The third-order valence-corrected chi connectivity index (χ3v) is 3.19. The number of ether oxygens (including phenoxy) is 1. The zero-order chi connectivity index (χ0) is 11.1. The van der Waals surface area contributed by atoms with Gasteiger partial charge in [0.1, 0.15) is 6.61 Å². The van der Waals surface area contributed by atoms with Gasteiger partial charge in [-0.15, -0.1) is 5.30 Å². The molecule has 0 N–H and O–H groups in total. The van der Waals surface area contributed by atoms with Crippen LogP contribution in [0.3, 0.4) is 0 Å². The Bertz CT molecular complexity index is 391. The van der Waals surface area contributed by atoms with Crippen LogP contribution < -0.4 is 5.30 Å². The monoisotopic (exact) mass is 287 g/mol. The van der Waals surface area contributed by atoms with Crippen molar-refractivity contribution >= 4 is 19.5 Å². The van der Waals surface area contributed by atoms with Gasteiger partial charge in [0.15, 0.2) is 5.64 Å². The summed E-state index contributed by atoms with van der Waals surface area (Å²) in [6.45, 7) is 1.60. The number of nitrogens with zero attached hydrogens (tertiary/aromatic N) is 1. The number of hydrogen-bond donors (Lipinski definition) is 0. The summed E-state index contributed by atoms with van der Waals surface area (Å²) in [7, 11) is 0.610. The molecule has 0 radical (unpaired) electrons. The molecule has 0 aromatic heterocycles. The first-order valence-electron chi connectivity index (χ1n) is 5.28. The van der Waals surface area contributed by atoms with Crippen LogP contribution in [-0.2, 0) is 21.8 Å². The molecule has 0 amide bonds. The molecule has 3 rings (SSSR count). The average Bonchev–Trinajstić information content (AvgIpc) is 3.05. The van der Waals surface area contributed by atoms with Crippen LogP contribution in [0.5, 0.6) is 0 Å². The summed E-state index contributed by atoms with van der Waals surface area (Å²) in [6, 6.07) is 18.3. The van der Waals surface area contributed by atoms with E-state index < -0.39 is 0 Å². The minimum absolute atomic E-state index is 0. The third-order valence-electron chi connectivity index (χ3n) is 2.05. The van der Waals surface area contributed by atoms with Gasteiger partial charge in [-0.2, -0.15) is 30.3 Å². The van der Waals surface area contributed by atoms with Crippen molar-refractivity contribution in [2.24, 2.45) is 4.99 Å². The van der Waals surface area contributed by atoms with Crippen LogP contribution >= 0.6 is 8.58 Å². The van der Waals surface area contributed by atoms with Crippen molar-refractivity contribution in [2.45, 2.75) is 0 Å². The molecule has 0 bridgehead atoms. The maximum Gasteiger partial charge on any atom is 2.00 e. The van der Waals surface area contributed by atoms with Crippen molar-refractivity contribution in [3.8, 4) is 0 Å². The smallest absolute Gasteiger partial charge is 0.477 e. The fourth-order valence-corrected chi connectivity index (χ4v) is 2.28. The molecule has 1 unspecified atom stereocenters. The van der Waals surface area contributed by atoms with Gasteiger partial charge < -0.3 is 4.74 Å². The Labute approximate surface area is 114 Å². The van der Waals surface area contributed by atoms with E-state index in [1.54, 1.807) is 0 Å². The second-order valence-electron chi connectivity index (χ2n) is 3.30. The van der Waals surface area contributed by atoms with Gasteiger partial charge in [-0.25, -0.2) is 29.3 Å². The Kier molecular flexibility index (Phi) is 6.88. The summed E-state index contributed by atoms with van der Waals surface area (Å²) >= 11 is 0. The minimum atomic E-state index is 0. The van der Waals surface area contributed by atoms with E-state index in [9.17, 15) is 0 Å². The van der Waals surface area contributed by atoms with E-state index in [0.29, 0.717) is 8.58 Å². The molecule has 0 fully saturated rings. The van der Waals surface area contributed by atoms with Gasteiger partial charge >= 0.3 is 17.1 Å². The van der Waals surface area contributed by atoms with Crippen molar-refractivity contribution < 1.29 is 21.8 Å². The Morgan fingerprint density at radius 1 is 1.18 bits per heavy atom. The number of hydrogen-bond acceptors (Lipinski definition) is 2. The predicted molar refractivity (Wildman–Crippen MR) is 70.3 cm³/mol. The fourth-order valence-electron chi connectivity index (χ4n) is 1.31. The summed E-state index contributed by atoms with van der Waals surface area (Å²) in [5.41, 5.74) is 0.913. The molecule has 2 aromatic rings. The number of rotatable bonds is 2. The van der Waals surface area contributed by atoms with Crippen LogP contribution in [0.4, 0.5) is 0 Å². The standard InChI is InChI=1S/C8H9NOP.C5H5.Fe/c1-2-4-7(3-1)11-8-9-5-6-10-8;1-2-4-5-3-1;/h1-4,11H,5-6H2;1-5H;/q2*-1;+2. The second-order valence-corrected chi connectivity index (χ2v) is 4.55. The first-order valence-corrected chi connectivity index (χ1v) is 6.28. The molecule has 1 aliphatic heterocycles. The average molecular weight is 287 g/mol. The van der Waals surface area contributed by atoms with Crippen LogP contribution in [0.25, 0.3) is 0 Å². The normalized spacial score (nSPS) is 13.5. The SMILES string of the molecule is [Fe+2].c1cc[c-](PC2=NCCO2)c1.c1cc[cH-]c1. The summed E-state index contributed by atoms with van der Waals surface area (Å²) < 4.78 is 5.29. The zero-order valence-electron chi connectivity index (χ0n) is 9.32. The Morgan fingerprint density at radius 3 is 2.35 bits per heavy atom. The molecule has 2 nitrogen and oxygen atoms in total. The van der Waals surface area contributed by atoms with Gasteiger partial charge in [0, 0.05) is 0 Å². The van der Waals surface area contributed by atoms with Crippen LogP contribution in [0.2, 0.25) is 0 Å². The van der Waals surface area contributed by atoms with Gasteiger partial charge in [0.2, 0.25) is 0 Å². The van der Waals surface area contributed by atoms with E-state index in [1.165, 1.54) is 5.30 Å². The van der Waals surface area contributed by atoms with Gasteiger partial charge in [0.25, 0.3) is 0 Å². The third kappa shape index (κ3) is 5.32. The molecule has 17 heavy (non-hydrogen) atoms. The Hall–Kier alpha value is -0.881. The Balaban J connectivity index is 0.000000205. The maximum atomic E-state index is 5.29. The van der Waals surface area contributed by atoms with E-state index in [0.717, 1.165) is 18.8 Å². The van der Waals surface area contributed by atoms with Crippen molar-refractivity contribution in [3.63, 3.8) is 0 Å².